The zero-order valence-corrected chi connectivity index (χ0v) is 11.7. The zero-order valence-electron chi connectivity index (χ0n) is 10.2. The van der Waals surface area contributed by atoms with Crippen molar-refractivity contribution in [2.24, 2.45) is 5.73 Å². The van der Waals surface area contributed by atoms with E-state index in [0.717, 1.165) is 30.2 Å². The minimum Gasteiger partial charge on any atom is -0.398 e. The molecule has 4 nitrogen and oxygen atoms in total. The van der Waals surface area contributed by atoms with E-state index in [9.17, 15) is 4.79 Å². The van der Waals surface area contributed by atoms with Gasteiger partial charge in [-0.2, -0.15) is 0 Å². The molecule has 0 atom stereocenters. The lowest BCUT2D eigenvalue weighted by Gasteiger charge is -2.27. The van der Waals surface area contributed by atoms with E-state index in [4.69, 9.17) is 11.5 Å². The van der Waals surface area contributed by atoms with Crippen molar-refractivity contribution in [3.63, 3.8) is 0 Å². The van der Waals surface area contributed by atoms with Crippen molar-refractivity contribution in [3.8, 4) is 0 Å². The largest absolute Gasteiger partial charge is 0.398 e. The average Bonchev–Trinajstić information content (AvgIpc) is 2.32. The fraction of sp³-hybridized carbons (Fsp3) is 0.462. The molecule has 0 saturated heterocycles. The Balaban J connectivity index is 1.99. The molecule has 1 amide bonds. The van der Waals surface area contributed by atoms with E-state index < -0.39 is 0 Å². The van der Waals surface area contributed by atoms with Crippen molar-refractivity contribution in [2.75, 3.05) is 5.73 Å². The van der Waals surface area contributed by atoms with Crippen LogP contribution >= 0.6 is 15.9 Å². The quantitative estimate of drug-likeness (QED) is 0.731. The number of nitrogens with one attached hydrogen (secondary N) is 1. The van der Waals surface area contributed by atoms with Gasteiger partial charge in [0.2, 0.25) is 0 Å². The van der Waals surface area contributed by atoms with E-state index in [1.54, 1.807) is 12.1 Å². The number of nitrogens with two attached hydrogens (primary N) is 2. The van der Waals surface area contributed by atoms with Crippen LogP contribution in [0.5, 0.6) is 0 Å². The molecule has 5 heteroatoms. The van der Waals surface area contributed by atoms with Crippen LogP contribution in [0.2, 0.25) is 0 Å². The molecular weight excluding hydrogens is 294 g/mol. The van der Waals surface area contributed by atoms with Crippen molar-refractivity contribution in [2.45, 2.75) is 37.8 Å². The number of hydrogen-bond donors (Lipinski definition) is 3. The lowest BCUT2D eigenvalue weighted by molar-refractivity contribution is 0.0927. The van der Waals surface area contributed by atoms with Crippen LogP contribution in [0.25, 0.3) is 0 Å². The lowest BCUT2D eigenvalue weighted by atomic mass is 9.91. The van der Waals surface area contributed by atoms with Crippen LogP contribution in [0.1, 0.15) is 36.0 Å². The van der Waals surface area contributed by atoms with Crippen molar-refractivity contribution in [1.82, 2.24) is 5.32 Å². The third-order valence-corrected chi connectivity index (χ3v) is 3.86. The van der Waals surface area contributed by atoms with Crippen molar-refractivity contribution < 1.29 is 4.79 Å². The summed E-state index contributed by atoms with van der Waals surface area (Å²) in [5, 5.41) is 3.03. The maximum Gasteiger partial charge on any atom is 0.253 e. The molecule has 98 valence electrons. The minimum atomic E-state index is -0.0968. The predicted molar refractivity (Wildman–Crippen MR) is 76.3 cm³/mol. The van der Waals surface area contributed by atoms with E-state index in [2.05, 4.69) is 21.2 Å². The van der Waals surface area contributed by atoms with Gasteiger partial charge in [-0.3, -0.25) is 4.79 Å². The van der Waals surface area contributed by atoms with Crippen LogP contribution in [-0.4, -0.2) is 18.0 Å². The standard InChI is InChI=1S/C13H18BrN3O/c14-8-1-6-11(12(16)7-8)13(18)17-10-4-2-9(15)3-5-10/h1,6-7,9-10H,2-5,15-16H2,(H,17,18). The summed E-state index contributed by atoms with van der Waals surface area (Å²) in [5.41, 5.74) is 12.7. The highest BCUT2D eigenvalue weighted by molar-refractivity contribution is 9.10. The molecule has 0 aromatic heterocycles. The molecule has 0 unspecified atom stereocenters. The van der Waals surface area contributed by atoms with Crippen LogP contribution in [0.15, 0.2) is 22.7 Å². The van der Waals surface area contributed by atoms with Gasteiger partial charge in [-0.05, 0) is 43.9 Å². The smallest absolute Gasteiger partial charge is 0.253 e. The summed E-state index contributed by atoms with van der Waals surface area (Å²) in [5.74, 6) is -0.0968. The molecule has 1 aromatic rings. The van der Waals surface area contributed by atoms with E-state index in [0.29, 0.717) is 11.3 Å². The third-order valence-electron chi connectivity index (χ3n) is 3.37. The van der Waals surface area contributed by atoms with Gasteiger partial charge in [-0.25, -0.2) is 0 Å². The summed E-state index contributed by atoms with van der Waals surface area (Å²) in [6.07, 6.45) is 3.84. The Hall–Kier alpha value is -1.07. The predicted octanol–water partition coefficient (Wildman–Crippen LogP) is 2.03. The topological polar surface area (TPSA) is 81.1 Å². The molecule has 1 fully saturated rings. The van der Waals surface area contributed by atoms with Gasteiger partial charge in [-0.1, -0.05) is 15.9 Å². The monoisotopic (exact) mass is 311 g/mol. The number of halogens is 1. The Labute approximate surface area is 115 Å². The molecule has 0 radical (unpaired) electrons. The number of carbonyl (C=O) groups is 1. The van der Waals surface area contributed by atoms with Crippen LogP contribution in [0.3, 0.4) is 0 Å². The molecule has 5 N–H and O–H groups in total. The van der Waals surface area contributed by atoms with Gasteiger partial charge in [0, 0.05) is 22.2 Å². The normalized spacial score (nSPS) is 23.7. The van der Waals surface area contributed by atoms with Gasteiger partial charge in [0.15, 0.2) is 0 Å². The third kappa shape index (κ3) is 3.23. The summed E-state index contributed by atoms with van der Waals surface area (Å²) < 4.78 is 0.875. The molecule has 2 rings (SSSR count). The maximum atomic E-state index is 12.1. The molecule has 1 aromatic carbocycles. The number of nitrogen functional groups attached to an aromatic ring is 1. The second-order valence-corrected chi connectivity index (χ2v) is 5.73. The minimum absolute atomic E-state index is 0.0968. The number of rotatable bonds is 2. The van der Waals surface area contributed by atoms with Crippen LogP contribution in [0.4, 0.5) is 5.69 Å². The van der Waals surface area contributed by atoms with Gasteiger partial charge in [-0.15, -0.1) is 0 Å². The second-order valence-electron chi connectivity index (χ2n) is 4.82. The summed E-state index contributed by atoms with van der Waals surface area (Å²) in [4.78, 5) is 12.1. The first-order valence-corrected chi connectivity index (χ1v) is 6.97. The number of carbonyl (C=O) groups excluding carboxylic acids is 1. The second kappa shape index (κ2) is 5.71. The van der Waals surface area contributed by atoms with E-state index >= 15 is 0 Å². The van der Waals surface area contributed by atoms with E-state index in [-0.39, 0.29) is 18.0 Å². The van der Waals surface area contributed by atoms with Crippen molar-refractivity contribution in [1.29, 1.82) is 0 Å². The highest BCUT2D eigenvalue weighted by atomic mass is 79.9. The number of hydrogen-bond acceptors (Lipinski definition) is 3. The highest BCUT2D eigenvalue weighted by Gasteiger charge is 2.21. The number of anilines is 1. The molecule has 0 heterocycles. The Morgan fingerprint density at radius 3 is 2.56 bits per heavy atom. The molecular formula is C13H18BrN3O. The number of benzene rings is 1. The Morgan fingerprint density at radius 2 is 1.94 bits per heavy atom. The Bertz CT molecular complexity index is 442. The van der Waals surface area contributed by atoms with Crippen LogP contribution in [-0.2, 0) is 0 Å². The first kappa shape index (κ1) is 13.4. The highest BCUT2D eigenvalue weighted by Crippen LogP contribution is 2.21. The molecule has 0 aliphatic heterocycles. The van der Waals surface area contributed by atoms with Gasteiger partial charge < -0.3 is 16.8 Å². The summed E-state index contributed by atoms with van der Waals surface area (Å²) in [6.45, 7) is 0. The van der Waals surface area contributed by atoms with Crippen molar-refractivity contribution in [3.05, 3.63) is 28.2 Å². The van der Waals surface area contributed by atoms with Crippen molar-refractivity contribution >= 4 is 27.5 Å². The summed E-state index contributed by atoms with van der Waals surface area (Å²) in [6, 6.07) is 5.81. The Morgan fingerprint density at radius 1 is 1.28 bits per heavy atom. The fourth-order valence-electron chi connectivity index (χ4n) is 2.27. The molecule has 1 saturated carbocycles. The van der Waals surface area contributed by atoms with Gasteiger partial charge in [0.25, 0.3) is 5.91 Å². The molecule has 18 heavy (non-hydrogen) atoms. The lowest BCUT2D eigenvalue weighted by Crippen LogP contribution is -2.40. The first-order valence-electron chi connectivity index (χ1n) is 6.17. The maximum absolute atomic E-state index is 12.1. The van der Waals surface area contributed by atoms with Gasteiger partial charge >= 0.3 is 0 Å². The van der Waals surface area contributed by atoms with Gasteiger partial charge in [0.05, 0.1) is 5.56 Å². The van der Waals surface area contributed by atoms with E-state index in [1.165, 1.54) is 0 Å². The fourth-order valence-corrected chi connectivity index (χ4v) is 2.65. The summed E-state index contributed by atoms with van der Waals surface area (Å²) in [7, 11) is 0. The average molecular weight is 312 g/mol. The molecule has 1 aliphatic carbocycles. The molecule has 0 bridgehead atoms. The Kier molecular flexibility index (Phi) is 4.24. The van der Waals surface area contributed by atoms with Gasteiger partial charge in [0.1, 0.15) is 0 Å². The van der Waals surface area contributed by atoms with Crippen LogP contribution < -0.4 is 16.8 Å². The first-order chi connectivity index (χ1) is 8.56. The van der Waals surface area contributed by atoms with E-state index in [1.807, 2.05) is 6.07 Å². The van der Waals surface area contributed by atoms with Crippen LogP contribution in [0, 0.1) is 0 Å². The SMILES string of the molecule is Nc1cc(Br)ccc1C(=O)NC1CCC(N)CC1. The molecule has 1 aliphatic rings. The number of amides is 1. The molecule has 0 spiro atoms. The summed E-state index contributed by atoms with van der Waals surface area (Å²) >= 11 is 3.32. The zero-order chi connectivity index (χ0) is 13.1.